The summed E-state index contributed by atoms with van der Waals surface area (Å²) >= 11 is 0. The van der Waals surface area contributed by atoms with Gasteiger partial charge in [0.1, 0.15) is 0 Å². The summed E-state index contributed by atoms with van der Waals surface area (Å²) in [6, 6.07) is 15.7. The molecule has 0 saturated heterocycles. The molecule has 5 nitrogen and oxygen atoms in total. The number of urea groups is 1. The highest BCUT2D eigenvalue weighted by molar-refractivity contribution is 5.75. The molecule has 26 heavy (non-hydrogen) atoms. The molecule has 0 heterocycles. The van der Waals surface area contributed by atoms with Gasteiger partial charge in [-0.05, 0) is 49.9 Å². The van der Waals surface area contributed by atoms with Gasteiger partial charge < -0.3 is 20.1 Å². The summed E-state index contributed by atoms with van der Waals surface area (Å²) in [6.45, 7) is 4.54. The van der Waals surface area contributed by atoms with Crippen LogP contribution in [0.15, 0.2) is 48.5 Å². The number of benzene rings is 2. The van der Waals surface area contributed by atoms with Gasteiger partial charge in [0.2, 0.25) is 0 Å². The van der Waals surface area contributed by atoms with Gasteiger partial charge in [0.25, 0.3) is 0 Å². The molecule has 2 amide bonds. The first-order valence-corrected chi connectivity index (χ1v) is 8.78. The van der Waals surface area contributed by atoms with Crippen molar-refractivity contribution in [3.8, 4) is 11.5 Å². The fraction of sp³-hybridized carbons (Fsp3) is 0.381. The lowest BCUT2D eigenvalue weighted by Crippen LogP contribution is -2.46. The number of nitrogens with one attached hydrogen (secondary N) is 2. The van der Waals surface area contributed by atoms with Gasteiger partial charge in [-0.3, -0.25) is 0 Å². The number of methoxy groups -OCH3 is 2. The number of ether oxygens (including phenoxy) is 2. The molecule has 2 aromatic rings. The van der Waals surface area contributed by atoms with E-state index in [-0.39, 0.29) is 6.03 Å². The van der Waals surface area contributed by atoms with Gasteiger partial charge >= 0.3 is 6.03 Å². The predicted octanol–water partition coefficient (Wildman–Crippen LogP) is 3.87. The van der Waals surface area contributed by atoms with Crippen LogP contribution < -0.4 is 20.1 Å². The Morgan fingerprint density at radius 1 is 1.00 bits per heavy atom. The van der Waals surface area contributed by atoms with Crippen molar-refractivity contribution in [3.63, 3.8) is 0 Å². The molecule has 0 aliphatic carbocycles. The molecule has 2 N–H and O–H groups in total. The maximum Gasteiger partial charge on any atom is 0.315 e. The zero-order valence-corrected chi connectivity index (χ0v) is 16.0. The number of carbonyl (C=O) groups is 1. The van der Waals surface area contributed by atoms with E-state index >= 15 is 0 Å². The molecular weight excluding hydrogens is 328 g/mol. The molecule has 0 fully saturated rings. The molecular formula is C21H28N2O3. The molecule has 0 unspecified atom stereocenters. The van der Waals surface area contributed by atoms with E-state index < -0.39 is 5.54 Å². The molecule has 0 spiro atoms. The number of hydrogen-bond donors (Lipinski definition) is 2. The van der Waals surface area contributed by atoms with Gasteiger partial charge in [-0.1, -0.05) is 36.4 Å². The number of rotatable bonds is 8. The molecule has 2 rings (SSSR count). The standard InChI is InChI=1S/C21H28N2O3/c1-21(2,17-12-13-18(25-3)19(15-17)26-4)23-20(24)22-14-8-11-16-9-6-5-7-10-16/h5-7,9-10,12-13,15H,8,11,14H2,1-4H3,(H2,22,23,24). The van der Waals surface area contributed by atoms with Crippen molar-refractivity contribution in [2.45, 2.75) is 32.2 Å². The number of hydrogen-bond acceptors (Lipinski definition) is 3. The molecule has 0 saturated carbocycles. The first-order valence-electron chi connectivity index (χ1n) is 8.78. The quantitative estimate of drug-likeness (QED) is 0.706. The van der Waals surface area contributed by atoms with Crippen LogP contribution in [0.5, 0.6) is 11.5 Å². The van der Waals surface area contributed by atoms with Crippen LogP contribution in [0.3, 0.4) is 0 Å². The minimum atomic E-state index is -0.539. The lowest BCUT2D eigenvalue weighted by Gasteiger charge is -2.27. The van der Waals surface area contributed by atoms with Gasteiger partial charge in [-0.2, -0.15) is 0 Å². The van der Waals surface area contributed by atoms with Crippen LogP contribution in [0.1, 0.15) is 31.4 Å². The third-order valence-corrected chi connectivity index (χ3v) is 4.30. The maximum absolute atomic E-state index is 12.2. The zero-order chi connectivity index (χ0) is 19.0. The van der Waals surface area contributed by atoms with E-state index in [1.54, 1.807) is 14.2 Å². The van der Waals surface area contributed by atoms with E-state index in [1.807, 2.05) is 50.2 Å². The van der Waals surface area contributed by atoms with E-state index in [0.717, 1.165) is 18.4 Å². The Bertz CT molecular complexity index is 714. The first-order chi connectivity index (χ1) is 12.5. The number of amides is 2. The Morgan fingerprint density at radius 2 is 1.69 bits per heavy atom. The van der Waals surface area contributed by atoms with Crippen molar-refractivity contribution in [2.75, 3.05) is 20.8 Å². The van der Waals surface area contributed by atoms with E-state index in [1.165, 1.54) is 5.56 Å². The highest BCUT2D eigenvalue weighted by atomic mass is 16.5. The van der Waals surface area contributed by atoms with Crippen LogP contribution in [0.4, 0.5) is 4.79 Å². The number of carbonyl (C=O) groups excluding carboxylic acids is 1. The van der Waals surface area contributed by atoms with Crippen LogP contribution in [-0.4, -0.2) is 26.8 Å². The van der Waals surface area contributed by atoms with Crippen LogP contribution in [0, 0.1) is 0 Å². The summed E-state index contributed by atoms with van der Waals surface area (Å²) in [5, 5.41) is 5.94. The van der Waals surface area contributed by atoms with Crippen molar-refractivity contribution in [1.82, 2.24) is 10.6 Å². The summed E-state index contributed by atoms with van der Waals surface area (Å²) in [5.41, 5.74) is 1.68. The third kappa shape index (κ3) is 5.41. The maximum atomic E-state index is 12.2. The van der Waals surface area contributed by atoms with Crippen LogP contribution in [0.25, 0.3) is 0 Å². The SMILES string of the molecule is COc1ccc(C(C)(C)NC(=O)NCCCc2ccccc2)cc1OC. The van der Waals surface area contributed by atoms with Crippen molar-refractivity contribution >= 4 is 6.03 Å². The molecule has 5 heteroatoms. The average Bonchev–Trinajstić information content (AvgIpc) is 2.65. The van der Waals surface area contributed by atoms with Gasteiger partial charge in [0.05, 0.1) is 19.8 Å². The molecule has 0 atom stereocenters. The van der Waals surface area contributed by atoms with Gasteiger partial charge in [0.15, 0.2) is 11.5 Å². The van der Waals surface area contributed by atoms with Crippen LogP contribution in [0.2, 0.25) is 0 Å². The molecule has 140 valence electrons. The van der Waals surface area contributed by atoms with Gasteiger partial charge in [-0.25, -0.2) is 4.79 Å². The van der Waals surface area contributed by atoms with E-state index in [4.69, 9.17) is 9.47 Å². The summed E-state index contributed by atoms with van der Waals surface area (Å²) in [7, 11) is 3.20. The van der Waals surface area contributed by atoms with E-state index in [9.17, 15) is 4.79 Å². The van der Waals surface area contributed by atoms with Crippen molar-refractivity contribution in [2.24, 2.45) is 0 Å². The average molecular weight is 356 g/mol. The van der Waals surface area contributed by atoms with Crippen LogP contribution >= 0.6 is 0 Å². The smallest absolute Gasteiger partial charge is 0.315 e. The monoisotopic (exact) mass is 356 g/mol. The fourth-order valence-corrected chi connectivity index (χ4v) is 2.76. The second-order valence-electron chi connectivity index (χ2n) is 6.66. The summed E-state index contributed by atoms with van der Waals surface area (Å²) in [6.07, 6.45) is 1.84. The third-order valence-electron chi connectivity index (χ3n) is 4.30. The summed E-state index contributed by atoms with van der Waals surface area (Å²) in [4.78, 5) is 12.2. The van der Waals surface area contributed by atoms with Crippen molar-refractivity contribution < 1.29 is 14.3 Å². The highest BCUT2D eigenvalue weighted by Crippen LogP contribution is 2.31. The predicted molar refractivity (Wildman–Crippen MR) is 104 cm³/mol. The second-order valence-corrected chi connectivity index (χ2v) is 6.66. The molecule has 0 radical (unpaired) electrons. The largest absolute Gasteiger partial charge is 0.493 e. The Kier molecular flexibility index (Phi) is 6.89. The molecule has 2 aromatic carbocycles. The molecule has 0 aromatic heterocycles. The van der Waals surface area contributed by atoms with E-state index in [2.05, 4.69) is 22.8 Å². The van der Waals surface area contributed by atoms with Gasteiger partial charge in [-0.15, -0.1) is 0 Å². The van der Waals surface area contributed by atoms with E-state index in [0.29, 0.717) is 18.0 Å². The fourth-order valence-electron chi connectivity index (χ4n) is 2.76. The second kappa shape index (κ2) is 9.13. The topological polar surface area (TPSA) is 59.6 Å². The molecule has 0 aliphatic rings. The highest BCUT2D eigenvalue weighted by Gasteiger charge is 2.24. The Balaban J connectivity index is 1.86. The number of aryl methyl sites for hydroxylation is 1. The van der Waals surface area contributed by atoms with Crippen LogP contribution in [-0.2, 0) is 12.0 Å². The molecule has 0 aliphatic heterocycles. The minimum absolute atomic E-state index is 0.183. The summed E-state index contributed by atoms with van der Waals surface area (Å²) in [5.74, 6) is 1.31. The van der Waals surface area contributed by atoms with Crippen molar-refractivity contribution in [1.29, 1.82) is 0 Å². The molecule has 0 bridgehead atoms. The Morgan fingerprint density at radius 3 is 2.35 bits per heavy atom. The summed E-state index contributed by atoms with van der Waals surface area (Å²) < 4.78 is 10.6. The van der Waals surface area contributed by atoms with Crippen molar-refractivity contribution in [3.05, 3.63) is 59.7 Å². The lowest BCUT2D eigenvalue weighted by molar-refractivity contribution is 0.230. The normalized spacial score (nSPS) is 10.9. The lowest BCUT2D eigenvalue weighted by atomic mass is 9.94. The Hall–Kier alpha value is -2.69. The first kappa shape index (κ1) is 19.6. The Labute approximate surface area is 155 Å². The minimum Gasteiger partial charge on any atom is -0.493 e. The van der Waals surface area contributed by atoms with Gasteiger partial charge in [0, 0.05) is 6.54 Å². The zero-order valence-electron chi connectivity index (χ0n) is 16.0.